The standard InChI is InChI=1S/C16H16N2OS/c1-11(10-12-6-3-2-4-7-12)15(19)18-16-17-13-8-5-9-14(13)20-16/h2-4,6-7,10H,5,8-9H2,1H3,(H,17,18,19)/b11-10+. The molecular formula is C16H16N2OS. The van der Waals surface area contributed by atoms with Gasteiger partial charge >= 0.3 is 0 Å². The topological polar surface area (TPSA) is 42.0 Å². The van der Waals surface area contributed by atoms with Gasteiger partial charge in [-0.15, -0.1) is 11.3 Å². The molecule has 0 fully saturated rings. The van der Waals surface area contributed by atoms with Gasteiger partial charge in [0.05, 0.1) is 5.69 Å². The molecule has 3 rings (SSSR count). The van der Waals surface area contributed by atoms with Crippen molar-refractivity contribution in [1.29, 1.82) is 0 Å². The van der Waals surface area contributed by atoms with Gasteiger partial charge < -0.3 is 0 Å². The van der Waals surface area contributed by atoms with Gasteiger partial charge in [-0.2, -0.15) is 0 Å². The van der Waals surface area contributed by atoms with Crippen molar-refractivity contribution in [2.75, 3.05) is 5.32 Å². The molecule has 0 unspecified atom stereocenters. The number of benzene rings is 1. The van der Waals surface area contributed by atoms with Crippen LogP contribution in [-0.2, 0) is 17.6 Å². The van der Waals surface area contributed by atoms with Crippen LogP contribution < -0.4 is 5.32 Å². The minimum absolute atomic E-state index is 0.0822. The molecule has 0 atom stereocenters. The number of aromatic nitrogens is 1. The average molecular weight is 284 g/mol. The molecule has 20 heavy (non-hydrogen) atoms. The number of carbonyl (C=O) groups is 1. The summed E-state index contributed by atoms with van der Waals surface area (Å²) in [5.41, 5.74) is 2.88. The number of nitrogens with one attached hydrogen (secondary N) is 1. The third-order valence-corrected chi connectivity index (χ3v) is 4.43. The van der Waals surface area contributed by atoms with E-state index in [9.17, 15) is 4.79 Å². The Kier molecular flexibility index (Phi) is 3.65. The van der Waals surface area contributed by atoms with E-state index >= 15 is 0 Å². The Balaban J connectivity index is 1.71. The first-order chi connectivity index (χ1) is 9.72. The minimum Gasteiger partial charge on any atom is -0.298 e. The minimum atomic E-state index is -0.0822. The molecule has 0 aliphatic heterocycles. The number of amides is 1. The number of thiazole rings is 1. The normalized spacial score (nSPS) is 14.2. The Hall–Kier alpha value is -1.94. The second-order valence-electron chi connectivity index (χ2n) is 4.93. The fourth-order valence-corrected chi connectivity index (χ4v) is 3.35. The monoisotopic (exact) mass is 284 g/mol. The summed E-state index contributed by atoms with van der Waals surface area (Å²) < 4.78 is 0. The molecule has 0 saturated heterocycles. The van der Waals surface area contributed by atoms with E-state index in [4.69, 9.17) is 0 Å². The highest BCUT2D eigenvalue weighted by atomic mass is 32.1. The van der Waals surface area contributed by atoms with Crippen LogP contribution in [0.5, 0.6) is 0 Å². The van der Waals surface area contributed by atoms with Crippen LogP contribution in [0.2, 0.25) is 0 Å². The molecule has 1 aliphatic carbocycles. The molecule has 2 aromatic rings. The Labute approximate surface area is 122 Å². The molecule has 1 aromatic carbocycles. The second-order valence-corrected chi connectivity index (χ2v) is 6.02. The first-order valence-corrected chi connectivity index (χ1v) is 7.57. The Bertz CT molecular complexity index is 637. The molecule has 3 nitrogen and oxygen atoms in total. The molecule has 1 heterocycles. The van der Waals surface area contributed by atoms with Gasteiger partial charge in [-0.1, -0.05) is 30.3 Å². The van der Waals surface area contributed by atoms with Crippen LogP contribution in [0.3, 0.4) is 0 Å². The maximum Gasteiger partial charge on any atom is 0.253 e. The number of anilines is 1. The van der Waals surface area contributed by atoms with Gasteiger partial charge in [0.2, 0.25) is 0 Å². The maximum absolute atomic E-state index is 12.1. The van der Waals surface area contributed by atoms with Crippen LogP contribution in [-0.4, -0.2) is 10.9 Å². The van der Waals surface area contributed by atoms with Crippen molar-refractivity contribution in [2.24, 2.45) is 0 Å². The summed E-state index contributed by atoms with van der Waals surface area (Å²) >= 11 is 1.60. The number of hydrogen-bond donors (Lipinski definition) is 1. The highest BCUT2D eigenvalue weighted by Crippen LogP contribution is 2.30. The molecule has 1 N–H and O–H groups in total. The number of nitrogens with zero attached hydrogens (tertiary/aromatic N) is 1. The first-order valence-electron chi connectivity index (χ1n) is 6.75. The predicted octanol–water partition coefficient (Wildman–Crippen LogP) is 3.67. The summed E-state index contributed by atoms with van der Waals surface area (Å²) in [6.07, 6.45) is 5.22. The SMILES string of the molecule is C/C(=C\c1ccccc1)C(=O)Nc1nc2c(s1)CCC2. The summed E-state index contributed by atoms with van der Waals surface area (Å²) in [4.78, 5) is 17.9. The van der Waals surface area contributed by atoms with E-state index in [1.54, 1.807) is 11.3 Å². The van der Waals surface area contributed by atoms with Gasteiger partial charge in [0.1, 0.15) is 0 Å². The van der Waals surface area contributed by atoms with E-state index < -0.39 is 0 Å². The van der Waals surface area contributed by atoms with Crippen molar-refractivity contribution >= 4 is 28.5 Å². The van der Waals surface area contributed by atoms with Crippen molar-refractivity contribution in [3.63, 3.8) is 0 Å². The zero-order valence-electron chi connectivity index (χ0n) is 11.3. The lowest BCUT2D eigenvalue weighted by Gasteiger charge is -2.02. The molecule has 102 valence electrons. The van der Waals surface area contributed by atoms with Crippen molar-refractivity contribution in [3.8, 4) is 0 Å². The van der Waals surface area contributed by atoms with Crippen LogP contribution in [0.1, 0.15) is 29.5 Å². The highest BCUT2D eigenvalue weighted by molar-refractivity contribution is 7.16. The van der Waals surface area contributed by atoms with Crippen molar-refractivity contribution in [3.05, 3.63) is 52.0 Å². The number of aryl methyl sites for hydroxylation is 2. The molecule has 0 radical (unpaired) electrons. The van der Waals surface area contributed by atoms with Gasteiger partial charge in [-0.25, -0.2) is 4.98 Å². The van der Waals surface area contributed by atoms with Crippen LogP contribution >= 0.6 is 11.3 Å². The molecule has 4 heteroatoms. The molecule has 0 saturated carbocycles. The van der Waals surface area contributed by atoms with Crippen molar-refractivity contribution < 1.29 is 4.79 Å². The lowest BCUT2D eigenvalue weighted by molar-refractivity contribution is -0.112. The first kappa shape index (κ1) is 13.1. The van der Waals surface area contributed by atoms with Crippen molar-refractivity contribution in [1.82, 2.24) is 4.98 Å². The summed E-state index contributed by atoms with van der Waals surface area (Å²) in [6.45, 7) is 1.82. The zero-order valence-corrected chi connectivity index (χ0v) is 12.2. The van der Waals surface area contributed by atoms with Crippen LogP contribution in [0.15, 0.2) is 35.9 Å². The molecule has 1 aromatic heterocycles. The largest absolute Gasteiger partial charge is 0.298 e. The Morgan fingerprint density at radius 3 is 2.85 bits per heavy atom. The molecular weight excluding hydrogens is 268 g/mol. The molecule has 1 amide bonds. The lowest BCUT2D eigenvalue weighted by atomic mass is 10.1. The van der Waals surface area contributed by atoms with E-state index in [1.165, 1.54) is 11.3 Å². The van der Waals surface area contributed by atoms with Gasteiger partial charge in [0, 0.05) is 10.5 Å². The van der Waals surface area contributed by atoms with Crippen LogP contribution in [0.4, 0.5) is 5.13 Å². The van der Waals surface area contributed by atoms with E-state index in [1.807, 2.05) is 43.3 Å². The molecule has 1 aliphatic rings. The average Bonchev–Trinajstić information content (AvgIpc) is 3.00. The lowest BCUT2D eigenvalue weighted by Crippen LogP contribution is -2.12. The van der Waals surface area contributed by atoms with Crippen molar-refractivity contribution in [2.45, 2.75) is 26.2 Å². The summed E-state index contributed by atoms with van der Waals surface area (Å²) in [5, 5.41) is 3.61. The van der Waals surface area contributed by atoms with Crippen LogP contribution in [0.25, 0.3) is 6.08 Å². The highest BCUT2D eigenvalue weighted by Gasteiger charge is 2.17. The Morgan fingerprint density at radius 1 is 1.30 bits per heavy atom. The Morgan fingerprint density at radius 2 is 2.10 bits per heavy atom. The van der Waals surface area contributed by atoms with Crippen LogP contribution in [0, 0.1) is 0 Å². The van der Waals surface area contributed by atoms with E-state index in [0.29, 0.717) is 5.57 Å². The third kappa shape index (κ3) is 2.80. The van der Waals surface area contributed by atoms with E-state index in [0.717, 1.165) is 29.2 Å². The van der Waals surface area contributed by atoms with E-state index in [-0.39, 0.29) is 5.91 Å². The fourth-order valence-electron chi connectivity index (χ4n) is 2.30. The number of hydrogen-bond acceptors (Lipinski definition) is 3. The molecule has 0 spiro atoms. The van der Waals surface area contributed by atoms with Gasteiger partial charge in [-0.05, 0) is 37.8 Å². The van der Waals surface area contributed by atoms with Gasteiger partial charge in [0.15, 0.2) is 5.13 Å². The molecule has 0 bridgehead atoms. The smallest absolute Gasteiger partial charge is 0.253 e. The summed E-state index contributed by atoms with van der Waals surface area (Å²) in [6, 6.07) is 9.85. The summed E-state index contributed by atoms with van der Waals surface area (Å²) in [5.74, 6) is -0.0822. The fraction of sp³-hybridized carbons (Fsp3) is 0.250. The quantitative estimate of drug-likeness (QED) is 0.874. The number of carbonyl (C=O) groups excluding carboxylic acids is 1. The number of rotatable bonds is 3. The predicted molar refractivity (Wildman–Crippen MR) is 82.9 cm³/mol. The number of fused-ring (bicyclic) bond motifs is 1. The van der Waals surface area contributed by atoms with Gasteiger partial charge in [-0.3, -0.25) is 10.1 Å². The maximum atomic E-state index is 12.1. The summed E-state index contributed by atoms with van der Waals surface area (Å²) in [7, 11) is 0. The zero-order chi connectivity index (χ0) is 13.9. The van der Waals surface area contributed by atoms with Gasteiger partial charge in [0.25, 0.3) is 5.91 Å². The second kappa shape index (κ2) is 5.59. The third-order valence-electron chi connectivity index (χ3n) is 3.36. The van der Waals surface area contributed by atoms with E-state index in [2.05, 4.69) is 10.3 Å².